The molecule has 2 aromatic rings. The maximum absolute atomic E-state index is 13.0. The summed E-state index contributed by atoms with van der Waals surface area (Å²) < 4.78 is 5.38. The number of nitrogens with one attached hydrogen (secondary N) is 1. The van der Waals surface area contributed by atoms with Gasteiger partial charge in [-0.1, -0.05) is 18.9 Å². The highest BCUT2D eigenvalue weighted by atomic mass is 32.1. The first-order valence-electron chi connectivity index (χ1n) is 10.1. The van der Waals surface area contributed by atoms with E-state index in [-0.39, 0.29) is 5.91 Å². The number of aromatic nitrogens is 2. The average molecular weight is 429 g/mol. The molecule has 0 bridgehead atoms. The zero-order valence-corrected chi connectivity index (χ0v) is 18.7. The minimum atomic E-state index is -0.587. The van der Waals surface area contributed by atoms with Crippen LogP contribution in [0.4, 0.5) is 15.7 Å². The van der Waals surface area contributed by atoms with Gasteiger partial charge in [-0.15, -0.1) is 11.3 Å². The Morgan fingerprint density at radius 3 is 2.53 bits per heavy atom. The highest BCUT2D eigenvalue weighted by Crippen LogP contribution is 2.30. The highest BCUT2D eigenvalue weighted by molar-refractivity contribution is 7.13. The summed E-state index contributed by atoms with van der Waals surface area (Å²) in [6.07, 6.45) is 9.38. The molecule has 0 aliphatic heterocycles. The Hall–Kier alpha value is -2.74. The van der Waals surface area contributed by atoms with Gasteiger partial charge in [-0.05, 0) is 51.7 Å². The molecular weight excluding hydrogens is 400 g/mol. The van der Waals surface area contributed by atoms with E-state index in [1.54, 1.807) is 25.5 Å². The van der Waals surface area contributed by atoms with Gasteiger partial charge in [0.2, 0.25) is 0 Å². The Kier molecular flexibility index (Phi) is 6.87. The van der Waals surface area contributed by atoms with Crippen molar-refractivity contribution in [3.8, 4) is 0 Å². The van der Waals surface area contributed by atoms with Gasteiger partial charge in [0.15, 0.2) is 5.13 Å². The summed E-state index contributed by atoms with van der Waals surface area (Å²) in [5.41, 5.74) is 0.699. The standard InChI is InChI=1S/C22H28N4O3S/c1-22(2,3)29-21(28)26(4)18-10-9-16(14-24-18)17(13-15-7-5-6-8-15)19(27)25-20-23-11-12-30-20/h9-15H,5-8H2,1-4H3,(H,23,25,27)/b17-13+. The first-order valence-corrected chi connectivity index (χ1v) is 11.0. The van der Waals surface area contributed by atoms with E-state index in [4.69, 9.17) is 4.74 Å². The van der Waals surface area contributed by atoms with Crippen LogP contribution >= 0.6 is 11.3 Å². The Morgan fingerprint density at radius 2 is 1.97 bits per heavy atom. The summed E-state index contributed by atoms with van der Waals surface area (Å²) in [4.78, 5) is 35.1. The molecule has 0 atom stereocenters. The second kappa shape index (κ2) is 9.38. The predicted molar refractivity (Wildman–Crippen MR) is 120 cm³/mol. The zero-order chi connectivity index (χ0) is 21.7. The van der Waals surface area contributed by atoms with Crippen LogP contribution in [0.5, 0.6) is 0 Å². The van der Waals surface area contributed by atoms with Crippen LogP contribution in [0.2, 0.25) is 0 Å². The molecule has 2 aromatic heterocycles. The topological polar surface area (TPSA) is 84.4 Å². The van der Waals surface area contributed by atoms with Crippen LogP contribution in [0.15, 0.2) is 36.0 Å². The number of amides is 2. The number of pyridine rings is 1. The molecule has 7 nitrogen and oxygen atoms in total. The number of hydrogen-bond donors (Lipinski definition) is 1. The number of thiazole rings is 1. The van der Waals surface area contributed by atoms with Crippen molar-refractivity contribution in [1.29, 1.82) is 0 Å². The lowest BCUT2D eigenvalue weighted by atomic mass is 9.99. The van der Waals surface area contributed by atoms with E-state index < -0.39 is 11.7 Å². The van der Waals surface area contributed by atoms with Crippen molar-refractivity contribution in [3.63, 3.8) is 0 Å². The quantitative estimate of drug-likeness (QED) is 0.668. The number of carbonyl (C=O) groups is 2. The molecular formula is C22H28N4O3S. The number of nitrogens with zero attached hydrogens (tertiary/aromatic N) is 3. The van der Waals surface area contributed by atoms with E-state index in [1.165, 1.54) is 29.1 Å². The van der Waals surface area contributed by atoms with Crippen molar-refractivity contribution in [1.82, 2.24) is 9.97 Å². The maximum atomic E-state index is 13.0. The van der Waals surface area contributed by atoms with Crippen LogP contribution in [-0.2, 0) is 9.53 Å². The van der Waals surface area contributed by atoms with Gasteiger partial charge >= 0.3 is 6.09 Å². The van der Waals surface area contributed by atoms with Crippen molar-refractivity contribution >= 4 is 39.9 Å². The fraction of sp³-hybridized carbons (Fsp3) is 0.455. The molecule has 160 valence electrons. The Bertz CT molecular complexity index is 895. The monoisotopic (exact) mass is 428 g/mol. The summed E-state index contributed by atoms with van der Waals surface area (Å²) in [5.74, 6) is 0.631. The fourth-order valence-corrected chi connectivity index (χ4v) is 3.80. The van der Waals surface area contributed by atoms with Gasteiger partial charge in [-0.2, -0.15) is 0 Å². The van der Waals surface area contributed by atoms with Crippen molar-refractivity contribution < 1.29 is 14.3 Å². The lowest BCUT2D eigenvalue weighted by Crippen LogP contribution is -2.34. The third kappa shape index (κ3) is 5.89. The molecule has 0 unspecified atom stereocenters. The fourth-order valence-electron chi connectivity index (χ4n) is 3.28. The molecule has 1 fully saturated rings. The minimum Gasteiger partial charge on any atom is -0.443 e. The number of hydrogen-bond acceptors (Lipinski definition) is 6. The maximum Gasteiger partial charge on any atom is 0.415 e. The largest absolute Gasteiger partial charge is 0.443 e. The smallest absolute Gasteiger partial charge is 0.415 e. The minimum absolute atomic E-state index is 0.202. The third-order valence-electron chi connectivity index (χ3n) is 4.77. The summed E-state index contributed by atoms with van der Waals surface area (Å²) in [6.45, 7) is 5.45. The molecule has 0 aromatic carbocycles. The van der Waals surface area contributed by atoms with Crippen LogP contribution in [0, 0.1) is 5.92 Å². The Balaban J connectivity index is 1.81. The van der Waals surface area contributed by atoms with Crippen LogP contribution < -0.4 is 10.2 Å². The van der Waals surface area contributed by atoms with E-state index in [2.05, 4.69) is 15.3 Å². The molecule has 1 saturated carbocycles. The first-order chi connectivity index (χ1) is 14.2. The summed E-state index contributed by atoms with van der Waals surface area (Å²) >= 11 is 1.38. The van der Waals surface area contributed by atoms with Crippen LogP contribution in [0.3, 0.4) is 0 Å². The zero-order valence-electron chi connectivity index (χ0n) is 17.8. The van der Waals surface area contributed by atoms with Gasteiger partial charge in [0, 0.05) is 36.0 Å². The summed E-state index contributed by atoms with van der Waals surface area (Å²) in [6, 6.07) is 3.53. The molecule has 2 amide bonds. The lowest BCUT2D eigenvalue weighted by molar-refractivity contribution is -0.111. The SMILES string of the molecule is CN(C(=O)OC(C)(C)C)c1ccc(/C(=C\C2CCCC2)C(=O)Nc2nccs2)cn1. The molecule has 0 saturated heterocycles. The number of anilines is 2. The Labute approximate surface area is 181 Å². The third-order valence-corrected chi connectivity index (χ3v) is 5.46. The van der Waals surface area contributed by atoms with E-state index >= 15 is 0 Å². The van der Waals surface area contributed by atoms with Crippen molar-refractivity contribution in [2.24, 2.45) is 5.92 Å². The predicted octanol–water partition coefficient (Wildman–Crippen LogP) is 5.12. The van der Waals surface area contributed by atoms with Crippen molar-refractivity contribution in [2.75, 3.05) is 17.3 Å². The molecule has 0 radical (unpaired) electrons. The van der Waals surface area contributed by atoms with Crippen LogP contribution in [0.25, 0.3) is 5.57 Å². The molecule has 1 aliphatic rings. The van der Waals surface area contributed by atoms with Gasteiger partial charge in [0.25, 0.3) is 5.91 Å². The molecule has 30 heavy (non-hydrogen) atoms. The van der Waals surface area contributed by atoms with Gasteiger partial charge in [-0.3, -0.25) is 15.0 Å². The van der Waals surface area contributed by atoms with E-state index in [1.807, 2.05) is 38.3 Å². The molecule has 1 aliphatic carbocycles. The van der Waals surface area contributed by atoms with Gasteiger partial charge in [0.05, 0.1) is 0 Å². The summed E-state index contributed by atoms with van der Waals surface area (Å²) in [7, 11) is 1.61. The van der Waals surface area contributed by atoms with Crippen LogP contribution in [0.1, 0.15) is 52.0 Å². The molecule has 1 N–H and O–H groups in total. The second-order valence-corrected chi connectivity index (χ2v) is 9.26. The number of carbonyl (C=O) groups excluding carboxylic acids is 2. The normalized spacial score (nSPS) is 15.1. The van der Waals surface area contributed by atoms with E-state index in [9.17, 15) is 9.59 Å². The molecule has 2 heterocycles. The van der Waals surface area contributed by atoms with Gasteiger partial charge in [-0.25, -0.2) is 14.8 Å². The highest BCUT2D eigenvalue weighted by Gasteiger charge is 2.23. The van der Waals surface area contributed by atoms with E-state index in [0.29, 0.717) is 28.0 Å². The van der Waals surface area contributed by atoms with Gasteiger partial charge < -0.3 is 4.74 Å². The molecule has 8 heteroatoms. The van der Waals surface area contributed by atoms with Crippen molar-refractivity contribution in [2.45, 2.75) is 52.1 Å². The second-order valence-electron chi connectivity index (χ2n) is 8.36. The number of ether oxygens (including phenoxy) is 1. The van der Waals surface area contributed by atoms with Crippen molar-refractivity contribution in [3.05, 3.63) is 41.5 Å². The average Bonchev–Trinajstić information content (AvgIpc) is 3.38. The number of allylic oxidation sites excluding steroid dienone is 1. The molecule has 0 spiro atoms. The van der Waals surface area contributed by atoms with E-state index in [0.717, 1.165) is 12.8 Å². The lowest BCUT2D eigenvalue weighted by Gasteiger charge is -2.24. The van der Waals surface area contributed by atoms with Gasteiger partial charge in [0.1, 0.15) is 11.4 Å². The number of rotatable bonds is 5. The summed E-state index contributed by atoms with van der Waals surface area (Å²) in [5, 5.41) is 5.24. The first kappa shape index (κ1) is 22.0. The molecule has 3 rings (SSSR count). The van der Waals surface area contributed by atoms with Crippen LogP contribution in [-0.4, -0.2) is 34.6 Å². The Morgan fingerprint density at radius 1 is 1.23 bits per heavy atom.